The Morgan fingerprint density at radius 3 is 2.67 bits per heavy atom. The molecule has 4 heteroatoms. The van der Waals surface area contributed by atoms with Gasteiger partial charge in [-0.2, -0.15) is 0 Å². The van der Waals surface area contributed by atoms with Gasteiger partial charge in [-0.25, -0.2) is 0 Å². The lowest BCUT2D eigenvalue weighted by Gasteiger charge is -2.20. The molecule has 0 spiro atoms. The molecule has 0 aromatic heterocycles. The zero-order valence-electron chi connectivity index (χ0n) is 11.1. The van der Waals surface area contributed by atoms with E-state index < -0.39 is 0 Å². The van der Waals surface area contributed by atoms with E-state index in [2.05, 4.69) is 5.32 Å². The van der Waals surface area contributed by atoms with Gasteiger partial charge in [-0.3, -0.25) is 4.79 Å². The highest BCUT2D eigenvalue weighted by molar-refractivity contribution is 5.97. The third-order valence-electron chi connectivity index (χ3n) is 2.93. The molecule has 1 aromatic carbocycles. The molecular formula is C14H21NO3. The summed E-state index contributed by atoms with van der Waals surface area (Å²) in [5.41, 5.74) is 0.524. The molecule has 0 heterocycles. The van der Waals surface area contributed by atoms with Gasteiger partial charge in [0.15, 0.2) is 0 Å². The van der Waals surface area contributed by atoms with E-state index in [0.29, 0.717) is 17.9 Å². The Kier molecular flexibility index (Phi) is 5.65. The maximum Gasteiger partial charge on any atom is 0.255 e. The minimum absolute atomic E-state index is 0.0215. The van der Waals surface area contributed by atoms with E-state index >= 15 is 0 Å². The second-order valence-electron chi connectivity index (χ2n) is 4.35. The SMILES string of the molecule is CCOc1ccccc1C(=O)N[C@H](C)[C@H](C)CO. The summed E-state index contributed by atoms with van der Waals surface area (Å²) in [6.07, 6.45) is 0. The molecule has 0 bridgehead atoms. The Balaban J connectivity index is 2.77. The van der Waals surface area contributed by atoms with Crippen LogP contribution in [0.4, 0.5) is 0 Å². The van der Waals surface area contributed by atoms with Crippen LogP contribution < -0.4 is 10.1 Å². The molecule has 0 aliphatic carbocycles. The normalized spacial score (nSPS) is 13.8. The minimum Gasteiger partial charge on any atom is -0.493 e. The third-order valence-corrected chi connectivity index (χ3v) is 2.93. The van der Waals surface area contributed by atoms with E-state index in [0.717, 1.165) is 0 Å². The highest BCUT2D eigenvalue weighted by atomic mass is 16.5. The highest BCUT2D eigenvalue weighted by Crippen LogP contribution is 2.18. The molecule has 1 rings (SSSR count). The molecule has 0 aliphatic rings. The van der Waals surface area contributed by atoms with Gasteiger partial charge in [0.1, 0.15) is 5.75 Å². The number of carbonyl (C=O) groups excluding carboxylic acids is 1. The molecule has 0 saturated heterocycles. The van der Waals surface area contributed by atoms with Gasteiger partial charge in [-0.1, -0.05) is 19.1 Å². The van der Waals surface area contributed by atoms with Gasteiger partial charge in [0.2, 0.25) is 0 Å². The number of amides is 1. The molecule has 0 fully saturated rings. The zero-order chi connectivity index (χ0) is 13.5. The van der Waals surface area contributed by atoms with Gasteiger partial charge in [0.05, 0.1) is 12.2 Å². The fraction of sp³-hybridized carbons (Fsp3) is 0.500. The Hall–Kier alpha value is -1.55. The molecule has 2 N–H and O–H groups in total. The number of aliphatic hydroxyl groups excluding tert-OH is 1. The molecule has 0 unspecified atom stereocenters. The van der Waals surface area contributed by atoms with E-state index in [1.165, 1.54) is 0 Å². The van der Waals surface area contributed by atoms with Crippen molar-refractivity contribution in [2.45, 2.75) is 26.8 Å². The molecular weight excluding hydrogens is 230 g/mol. The fourth-order valence-electron chi connectivity index (χ4n) is 1.52. The van der Waals surface area contributed by atoms with E-state index in [-0.39, 0.29) is 24.5 Å². The molecule has 1 aromatic rings. The molecule has 0 saturated carbocycles. The Bertz CT molecular complexity index is 392. The molecule has 1 amide bonds. The van der Waals surface area contributed by atoms with Crippen LogP contribution in [-0.2, 0) is 0 Å². The van der Waals surface area contributed by atoms with Gasteiger partial charge in [-0.15, -0.1) is 0 Å². The quantitative estimate of drug-likeness (QED) is 0.811. The van der Waals surface area contributed by atoms with Crippen LogP contribution in [0.5, 0.6) is 5.75 Å². The van der Waals surface area contributed by atoms with Crippen molar-refractivity contribution in [2.75, 3.05) is 13.2 Å². The van der Waals surface area contributed by atoms with Gasteiger partial charge in [-0.05, 0) is 31.9 Å². The van der Waals surface area contributed by atoms with Crippen LogP contribution >= 0.6 is 0 Å². The number of hydrogen-bond acceptors (Lipinski definition) is 3. The lowest BCUT2D eigenvalue weighted by molar-refractivity contribution is 0.0912. The molecule has 2 atom stereocenters. The monoisotopic (exact) mass is 251 g/mol. The molecule has 0 aliphatic heterocycles. The molecule has 0 radical (unpaired) electrons. The number of benzene rings is 1. The molecule has 4 nitrogen and oxygen atoms in total. The number of carbonyl (C=O) groups is 1. The number of rotatable bonds is 6. The first kappa shape index (κ1) is 14.5. The summed E-state index contributed by atoms with van der Waals surface area (Å²) in [7, 11) is 0. The van der Waals surface area contributed by atoms with Crippen LogP contribution in [0.25, 0.3) is 0 Å². The van der Waals surface area contributed by atoms with Gasteiger partial charge >= 0.3 is 0 Å². The Labute approximate surface area is 108 Å². The molecule has 18 heavy (non-hydrogen) atoms. The van der Waals surface area contributed by atoms with Crippen molar-refractivity contribution in [3.05, 3.63) is 29.8 Å². The average molecular weight is 251 g/mol. The van der Waals surface area contributed by atoms with E-state index in [1.807, 2.05) is 26.8 Å². The van der Waals surface area contributed by atoms with Crippen LogP contribution in [0.2, 0.25) is 0 Å². The van der Waals surface area contributed by atoms with Crippen LogP contribution in [0, 0.1) is 5.92 Å². The summed E-state index contributed by atoms with van der Waals surface area (Å²) >= 11 is 0. The Morgan fingerprint density at radius 2 is 2.06 bits per heavy atom. The summed E-state index contributed by atoms with van der Waals surface area (Å²) in [4.78, 5) is 12.1. The predicted molar refractivity (Wildman–Crippen MR) is 70.8 cm³/mol. The summed E-state index contributed by atoms with van der Waals surface area (Å²) in [5, 5.41) is 11.9. The van der Waals surface area contributed by atoms with Crippen molar-refractivity contribution in [1.29, 1.82) is 0 Å². The lowest BCUT2D eigenvalue weighted by Crippen LogP contribution is -2.38. The maximum absolute atomic E-state index is 12.1. The lowest BCUT2D eigenvalue weighted by atomic mass is 10.0. The topological polar surface area (TPSA) is 58.6 Å². The second-order valence-corrected chi connectivity index (χ2v) is 4.35. The standard InChI is InChI=1S/C14H21NO3/c1-4-18-13-8-6-5-7-12(13)14(17)15-11(3)10(2)9-16/h5-8,10-11,16H,4,9H2,1-3H3,(H,15,17)/t10-,11-/m1/s1. The summed E-state index contributed by atoms with van der Waals surface area (Å²) in [6.45, 7) is 6.22. The van der Waals surface area contributed by atoms with Crippen LogP contribution in [0.1, 0.15) is 31.1 Å². The first-order valence-electron chi connectivity index (χ1n) is 6.23. The van der Waals surface area contributed by atoms with E-state index in [4.69, 9.17) is 9.84 Å². The zero-order valence-corrected chi connectivity index (χ0v) is 11.1. The smallest absolute Gasteiger partial charge is 0.255 e. The number of aliphatic hydroxyl groups is 1. The van der Waals surface area contributed by atoms with Gasteiger partial charge in [0, 0.05) is 12.6 Å². The summed E-state index contributed by atoms with van der Waals surface area (Å²) < 4.78 is 5.42. The third kappa shape index (κ3) is 3.74. The van der Waals surface area contributed by atoms with E-state index in [1.54, 1.807) is 18.2 Å². The van der Waals surface area contributed by atoms with Crippen molar-refractivity contribution in [1.82, 2.24) is 5.32 Å². The number of nitrogens with one attached hydrogen (secondary N) is 1. The van der Waals surface area contributed by atoms with Crippen molar-refractivity contribution in [2.24, 2.45) is 5.92 Å². The Morgan fingerprint density at radius 1 is 1.39 bits per heavy atom. The summed E-state index contributed by atoms with van der Waals surface area (Å²) in [5.74, 6) is 0.432. The van der Waals surface area contributed by atoms with Crippen molar-refractivity contribution in [3.63, 3.8) is 0 Å². The minimum atomic E-state index is -0.174. The molecule has 100 valence electrons. The van der Waals surface area contributed by atoms with Crippen LogP contribution in [0.15, 0.2) is 24.3 Å². The van der Waals surface area contributed by atoms with Gasteiger partial charge < -0.3 is 15.2 Å². The maximum atomic E-state index is 12.1. The number of para-hydroxylation sites is 1. The van der Waals surface area contributed by atoms with E-state index in [9.17, 15) is 4.79 Å². The van der Waals surface area contributed by atoms with Crippen molar-refractivity contribution >= 4 is 5.91 Å². The number of hydrogen-bond donors (Lipinski definition) is 2. The fourth-order valence-corrected chi connectivity index (χ4v) is 1.52. The highest BCUT2D eigenvalue weighted by Gasteiger charge is 2.17. The second kappa shape index (κ2) is 7.01. The first-order valence-corrected chi connectivity index (χ1v) is 6.23. The average Bonchev–Trinajstić information content (AvgIpc) is 2.38. The van der Waals surface area contributed by atoms with Crippen molar-refractivity contribution in [3.8, 4) is 5.75 Å². The predicted octanol–water partition coefficient (Wildman–Crippen LogP) is 1.83. The van der Waals surface area contributed by atoms with Gasteiger partial charge in [0.25, 0.3) is 5.91 Å². The first-order chi connectivity index (χ1) is 8.60. The van der Waals surface area contributed by atoms with Crippen LogP contribution in [0.3, 0.4) is 0 Å². The summed E-state index contributed by atoms with van der Waals surface area (Å²) in [6, 6.07) is 7.06. The largest absolute Gasteiger partial charge is 0.493 e. The van der Waals surface area contributed by atoms with Crippen molar-refractivity contribution < 1.29 is 14.6 Å². The van der Waals surface area contributed by atoms with Crippen LogP contribution in [-0.4, -0.2) is 30.3 Å². The number of ether oxygens (including phenoxy) is 1.